The third-order valence-corrected chi connectivity index (χ3v) is 2.77. The Bertz CT molecular complexity index is 459. The number of rotatable bonds is 2. The molecule has 0 atom stereocenters. The fraction of sp³-hybridized carbons (Fsp3) is 0.364. The van der Waals surface area contributed by atoms with E-state index in [1.165, 1.54) is 6.07 Å². The molecule has 1 fully saturated rings. The maximum Gasteiger partial charge on any atom is 0.287 e. The van der Waals surface area contributed by atoms with E-state index in [0.29, 0.717) is 0 Å². The molecule has 0 radical (unpaired) electrons. The predicted octanol–water partition coefficient (Wildman–Crippen LogP) is 2.07. The molecule has 5 heteroatoms. The van der Waals surface area contributed by atoms with Crippen molar-refractivity contribution in [2.24, 2.45) is 0 Å². The molecule has 1 aliphatic heterocycles. The summed E-state index contributed by atoms with van der Waals surface area (Å²) < 4.78 is 0. The summed E-state index contributed by atoms with van der Waals surface area (Å²) in [5.41, 5.74) is 0.916. The molecule has 0 amide bonds. The maximum absolute atomic E-state index is 10.7. The van der Waals surface area contributed by atoms with E-state index in [1.54, 1.807) is 12.1 Å². The van der Waals surface area contributed by atoms with E-state index in [-0.39, 0.29) is 11.3 Å². The highest BCUT2D eigenvalue weighted by atomic mass is 16.6. The number of nitro groups is 1. The van der Waals surface area contributed by atoms with Crippen molar-refractivity contribution in [1.29, 1.82) is 5.26 Å². The van der Waals surface area contributed by atoms with Crippen LogP contribution in [0.5, 0.6) is 0 Å². The van der Waals surface area contributed by atoms with Crippen LogP contribution in [0.3, 0.4) is 0 Å². The van der Waals surface area contributed by atoms with Gasteiger partial charge in [0.2, 0.25) is 0 Å². The first-order valence-corrected chi connectivity index (χ1v) is 5.16. The molecule has 5 nitrogen and oxygen atoms in total. The van der Waals surface area contributed by atoms with Gasteiger partial charge in [-0.1, -0.05) is 0 Å². The van der Waals surface area contributed by atoms with Gasteiger partial charge in [-0.3, -0.25) is 10.1 Å². The van der Waals surface area contributed by atoms with Crippen molar-refractivity contribution >= 4 is 11.4 Å². The Balaban J connectivity index is 2.37. The molecule has 0 aromatic heterocycles. The monoisotopic (exact) mass is 217 g/mol. The summed E-state index contributed by atoms with van der Waals surface area (Å²) in [6, 6.07) is 6.59. The van der Waals surface area contributed by atoms with Crippen LogP contribution in [0.15, 0.2) is 18.2 Å². The van der Waals surface area contributed by atoms with Crippen LogP contribution in [-0.2, 0) is 0 Å². The van der Waals surface area contributed by atoms with Crippen LogP contribution in [0.1, 0.15) is 18.4 Å². The normalized spacial score (nSPS) is 14.8. The van der Waals surface area contributed by atoms with Crippen molar-refractivity contribution in [2.75, 3.05) is 18.0 Å². The lowest BCUT2D eigenvalue weighted by Gasteiger charge is -2.17. The zero-order valence-electron chi connectivity index (χ0n) is 8.72. The fourth-order valence-electron chi connectivity index (χ4n) is 1.94. The Morgan fingerprint density at radius 2 is 2.06 bits per heavy atom. The quantitative estimate of drug-likeness (QED) is 0.561. The number of nitrogens with zero attached hydrogens (tertiary/aromatic N) is 3. The molecule has 1 aromatic rings. The predicted molar refractivity (Wildman–Crippen MR) is 59.3 cm³/mol. The van der Waals surface area contributed by atoms with Gasteiger partial charge in [-0.15, -0.1) is 0 Å². The van der Waals surface area contributed by atoms with Gasteiger partial charge in [0.15, 0.2) is 0 Å². The molecule has 2 rings (SSSR count). The lowest BCUT2D eigenvalue weighted by molar-refractivity contribution is -0.385. The van der Waals surface area contributed by atoms with E-state index >= 15 is 0 Å². The summed E-state index contributed by atoms with van der Waals surface area (Å²) in [7, 11) is 0. The third-order valence-electron chi connectivity index (χ3n) is 2.77. The molecule has 0 bridgehead atoms. The van der Waals surface area contributed by atoms with E-state index in [0.717, 1.165) is 31.6 Å². The van der Waals surface area contributed by atoms with Gasteiger partial charge in [0.25, 0.3) is 5.69 Å². The lowest BCUT2D eigenvalue weighted by atomic mass is 10.1. The average Bonchev–Trinajstić information content (AvgIpc) is 2.81. The Kier molecular flexibility index (Phi) is 2.73. The van der Waals surface area contributed by atoms with Crippen LogP contribution < -0.4 is 4.90 Å². The highest BCUT2D eigenvalue weighted by molar-refractivity contribution is 5.60. The number of anilines is 1. The summed E-state index contributed by atoms with van der Waals surface area (Å²) >= 11 is 0. The molecule has 0 aliphatic carbocycles. The molecule has 1 saturated heterocycles. The minimum absolute atomic E-state index is 0.120. The van der Waals surface area contributed by atoms with Gasteiger partial charge in [0, 0.05) is 24.8 Å². The SMILES string of the molecule is N#Cc1cc(N2CCCC2)ccc1[N+](=O)[O-]. The fourth-order valence-corrected chi connectivity index (χ4v) is 1.94. The minimum Gasteiger partial charge on any atom is -0.371 e. The van der Waals surface area contributed by atoms with Gasteiger partial charge in [0.1, 0.15) is 11.6 Å². The molecule has 0 N–H and O–H groups in total. The van der Waals surface area contributed by atoms with Gasteiger partial charge in [-0.25, -0.2) is 0 Å². The van der Waals surface area contributed by atoms with Gasteiger partial charge in [0.05, 0.1) is 4.92 Å². The van der Waals surface area contributed by atoms with Crippen molar-refractivity contribution in [3.63, 3.8) is 0 Å². The Morgan fingerprint density at radius 1 is 1.38 bits per heavy atom. The molecular weight excluding hydrogens is 206 g/mol. The van der Waals surface area contributed by atoms with Crippen LogP contribution in [0.2, 0.25) is 0 Å². The summed E-state index contributed by atoms with van der Waals surface area (Å²) in [6.45, 7) is 1.92. The molecule has 1 aromatic carbocycles. The molecule has 0 unspecified atom stereocenters. The van der Waals surface area contributed by atoms with E-state index < -0.39 is 4.92 Å². The van der Waals surface area contributed by atoms with Crippen molar-refractivity contribution in [2.45, 2.75) is 12.8 Å². The molecule has 1 aliphatic rings. The number of nitro benzene ring substituents is 1. The number of benzene rings is 1. The maximum atomic E-state index is 10.7. The van der Waals surface area contributed by atoms with Crippen molar-refractivity contribution in [3.8, 4) is 6.07 Å². The van der Waals surface area contributed by atoms with Crippen LogP contribution in [0, 0.1) is 21.4 Å². The third kappa shape index (κ3) is 1.82. The van der Waals surface area contributed by atoms with Crippen molar-refractivity contribution in [1.82, 2.24) is 0 Å². The summed E-state index contributed by atoms with van der Waals surface area (Å²) in [5.74, 6) is 0. The van der Waals surface area contributed by atoms with Crippen LogP contribution in [0.25, 0.3) is 0 Å². The minimum atomic E-state index is -0.522. The van der Waals surface area contributed by atoms with Crippen LogP contribution in [0.4, 0.5) is 11.4 Å². The number of nitriles is 1. The topological polar surface area (TPSA) is 70.2 Å². The highest BCUT2D eigenvalue weighted by Gasteiger charge is 2.18. The van der Waals surface area contributed by atoms with Crippen molar-refractivity contribution < 1.29 is 4.92 Å². The second-order valence-corrected chi connectivity index (χ2v) is 3.76. The lowest BCUT2D eigenvalue weighted by Crippen LogP contribution is -2.17. The van der Waals surface area contributed by atoms with Gasteiger partial charge in [-0.2, -0.15) is 5.26 Å². The largest absolute Gasteiger partial charge is 0.371 e. The summed E-state index contributed by atoms with van der Waals surface area (Å²) in [5, 5.41) is 19.5. The van der Waals surface area contributed by atoms with E-state index in [4.69, 9.17) is 5.26 Å². The first-order valence-electron chi connectivity index (χ1n) is 5.16. The molecule has 82 valence electrons. The second kappa shape index (κ2) is 4.19. The second-order valence-electron chi connectivity index (χ2n) is 3.76. The van der Waals surface area contributed by atoms with E-state index in [2.05, 4.69) is 4.90 Å². The van der Waals surface area contributed by atoms with Crippen molar-refractivity contribution in [3.05, 3.63) is 33.9 Å². The molecular formula is C11H11N3O2. The summed E-state index contributed by atoms with van der Waals surface area (Å²) in [4.78, 5) is 12.3. The Hall–Kier alpha value is -2.09. The molecule has 0 spiro atoms. The van der Waals surface area contributed by atoms with Gasteiger partial charge < -0.3 is 4.90 Å². The Labute approximate surface area is 93.1 Å². The smallest absolute Gasteiger partial charge is 0.287 e. The molecule has 1 heterocycles. The summed E-state index contributed by atoms with van der Waals surface area (Å²) in [6.07, 6.45) is 2.28. The standard InChI is InChI=1S/C11H11N3O2/c12-8-9-7-10(13-5-1-2-6-13)3-4-11(9)14(15)16/h3-4,7H,1-2,5-6H2. The zero-order valence-corrected chi connectivity index (χ0v) is 8.72. The van der Waals surface area contributed by atoms with Gasteiger partial charge in [-0.05, 0) is 25.0 Å². The first-order chi connectivity index (χ1) is 7.72. The zero-order chi connectivity index (χ0) is 11.5. The first kappa shape index (κ1) is 10.4. The Morgan fingerprint density at radius 3 is 2.62 bits per heavy atom. The average molecular weight is 217 g/mol. The van der Waals surface area contributed by atoms with E-state index in [9.17, 15) is 10.1 Å². The number of hydrogen-bond acceptors (Lipinski definition) is 4. The number of hydrogen-bond donors (Lipinski definition) is 0. The molecule has 16 heavy (non-hydrogen) atoms. The van der Waals surface area contributed by atoms with E-state index in [1.807, 2.05) is 6.07 Å². The van der Waals surface area contributed by atoms with Crippen LogP contribution >= 0.6 is 0 Å². The van der Waals surface area contributed by atoms with Gasteiger partial charge >= 0.3 is 0 Å². The highest BCUT2D eigenvalue weighted by Crippen LogP contribution is 2.26. The molecule has 0 saturated carbocycles. The van der Waals surface area contributed by atoms with Crippen LogP contribution in [-0.4, -0.2) is 18.0 Å².